The lowest BCUT2D eigenvalue weighted by molar-refractivity contribution is -0.137. The highest BCUT2D eigenvalue weighted by atomic mass is 16.6. The molecule has 0 aromatic heterocycles. The Hall–Kier alpha value is -2.56. The van der Waals surface area contributed by atoms with Gasteiger partial charge in [-0.1, -0.05) is 48.6 Å². The van der Waals surface area contributed by atoms with Crippen LogP contribution in [-0.2, 0) is 9.53 Å². The van der Waals surface area contributed by atoms with Crippen LogP contribution in [0.4, 0.5) is 4.79 Å². The zero-order valence-electron chi connectivity index (χ0n) is 13.6. The number of allylic oxidation sites excluding steroid dienone is 4. The van der Waals surface area contributed by atoms with Crippen LogP contribution >= 0.6 is 0 Å². The van der Waals surface area contributed by atoms with Crippen molar-refractivity contribution in [3.63, 3.8) is 0 Å². The molecule has 5 nitrogen and oxygen atoms in total. The molecule has 0 aliphatic heterocycles. The Bertz CT molecular complexity index is 694. The van der Waals surface area contributed by atoms with E-state index in [9.17, 15) is 9.59 Å². The Labute approximate surface area is 141 Å². The summed E-state index contributed by atoms with van der Waals surface area (Å²) in [6.45, 7) is 0.441. The van der Waals surface area contributed by atoms with E-state index in [1.807, 2.05) is 18.2 Å². The third-order valence-electron chi connectivity index (χ3n) is 4.76. The van der Waals surface area contributed by atoms with Gasteiger partial charge in [-0.3, -0.25) is 4.79 Å². The van der Waals surface area contributed by atoms with Gasteiger partial charge in [0.2, 0.25) is 0 Å². The fourth-order valence-corrected chi connectivity index (χ4v) is 3.51. The normalized spacial score (nSPS) is 23.5. The minimum Gasteiger partial charge on any atom is -0.481 e. The summed E-state index contributed by atoms with van der Waals surface area (Å²) in [4.78, 5) is 24.0. The first-order chi connectivity index (χ1) is 11.6. The number of carboxylic acid groups (broad SMARTS) is 1. The van der Waals surface area contributed by atoms with Crippen LogP contribution in [0.15, 0.2) is 48.6 Å². The van der Waals surface area contributed by atoms with Crippen LogP contribution in [-0.4, -0.2) is 42.3 Å². The van der Waals surface area contributed by atoms with Crippen molar-refractivity contribution in [1.82, 2.24) is 4.90 Å². The fraction of sp³-hybridized carbons (Fsp3) is 0.368. The molecule has 3 rings (SSSR count). The highest BCUT2D eigenvalue weighted by molar-refractivity contribution is 5.70. The number of hydrogen-bond acceptors (Lipinski definition) is 3. The lowest BCUT2D eigenvalue weighted by Crippen LogP contribution is -2.31. The van der Waals surface area contributed by atoms with Gasteiger partial charge in [0.1, 0.15) is 6.61 Å². The fourth-order valence-electron chi connectivity index (χ4n) is 3.51. The van der Waals surface area contributed by atoms with E-state index in [0.717, 1.165) is 0 Å². The van der Waals surface area contributed by atoms with Crippen molar-refractivity contribution in [2.45, 2.75) is 18.3 Å². The molecular weight excluding hydrogens is 306 g/mol. The molecule has 0 radical (unpaired) electrons. The molecular formula is C19H21NO4. The van der Waals surface area contributed by atoms with Crippen molar-refractivity contribution in [3.8, 4) is 0 Å². The second-order valence-corrected chi connectivity index (χ2v) is 6.25. The number of rotatable bonds is 5. The summed E-state index contributed by atoms with van der Waals surface area (Å²) in [6, 6.07) is 8.28. The molecule has 0 saturated carbocycles. The van der Waals surface area contributed by atoms with Gasteiger partial charge in [-0.05, 0) is 17.0 Å². The van der Waals surface area contributed by atoms with Gasteiger partial charge < -0.3 is 14.7 Å². The molecule has 1 aromatic rings. The molecule has 1 amide bonds. The largest absolute Gasteiger partial charge is 0.481 e. The number of fused-ring (bicyclic) bond motifs is 3. The first-order valence-corrected chi connectivity index (χ1v) is 8.11. The number of nitrogens with zero attached hydrogens (tertiary/aromatic N) is 1. The summed E-state index contributed by atoms with van der Waals surface area (Å²) in [6.07, 6.45) is 7.91. The van der Waals surface area contributed by atoms with Crippen LogP contribution in [0.2, 0.25) is 0 Å². The van der Waals surface area contributed by atoms with E-state index >= 15 is 0 Å². The smallest absolute Gasteiger partial charge is 0.409 e. The Morgan fingerprint density at radius 2 is 1.88 bits per heavy atom. The predicted octanol–water partition coefficient (Wildman–Crippen LogP) is 3.15. The topological polar surface area (TPSA) is 66.8 Å². The van der Waals surface area contributed by atoms with Crippen LogP contribution in [0.5, 0.6) is 0 Å². The summed E-state index contributed by atoms with van der Waals surface area (Å²) < 4.78 is 5.46. The van der Waals surface area contributed by atoms with Gasteiger partial charge in [0.25, 0.3) is 0 Å². The van der Waals surface area contributed by atoms with Crippen molar-refractivity contribution in [2.24, 2.45) is 5.92 Å². The molecule has 2 aliphatic rings. The lowest BCUT2D eigenvalue weighted by Gasteiger charge is -2.23. The SMILES string of the molecule is CN(CCC(=O)O)C(=O)OCC1c2ccccc2C2C=CC=CC21. The molecule has 24 heavy (non-hydrogen) atoms. The molecule has 0 saturated heterocycles. The van der Waals surface area contributed by atoms with Gasteiger partial charge in [0.15, 0.2) is 0 Å². The maximum absolute atomic E-state index is 12.1. The van der Waals surface area contributed by atoms with E-state index < -0.39 is 12.1 Å². The summed E-state index contributed by atoms with van der Waals surface area (Å²) >= 11 is 0. The Balaban J connectivity index is 1.66. The molecule has 3 unspecified atom stereocenters. The zero-order chi connectivity index (χ0) is 17.1. The Kier molecular flexibility index (Phi) is 4.69. The van der Waals surface area contributed by atoms with E-state index in [4.69, 9.17) is 9.84 Å². The maximum atomic E-state index is 12.1. The highest BCUT2D eigenvalue weighted by Gasteiger charge is 2.39. The standard InChI is InChI=1S/C19H21NO4/c1-20(11-10-18(21)22)19(23)24-12-17-15-8-4-2-6-13(15)14-7-3-5-9-16(14)17/h2-9,13,15,17H,10-12H2,1H3,(H,21,22). The van der Waals surface area contributed by atoms with Crippen LogP contribution in [0.1, 0.15) is 29.4 Å². The van der Waals surface area contributed by atoms with Gasteiger partial charge in [0, 0.05) is 25.4 Å². The van der Waals surface area contributed by atoms with Crippen molar-refractivity contribution < 1.29 is 19.4 Å². The molecule has 5 heteroatoms. The third-order valence-corrected chi connectivity index (χ3v) is 4.76. The number of aliphatic carboxylic acids is 1. The minimum absolute atomic E-state index is 0.0872. The second-order valence-electron chi connectivity index (χ2n) is 6.25. The number of benzene rings is 1. The number of hydrogen-bond donors (Lipinski definition) is 1. The van der Waals surface area contributed by atoms with Gasteiger partial charge in [-0.2, -0.15) is 0 Å². The van der Waals surface area contributed by atoms with Crippen LogP contribution < -0.4 is 0 Å². The second kappa shape index (κ2) is 6.91. The first-order valence-electron chi connectivity index (χ1n) is 8.11. The summed E-state index contributed by atoms with van der Waals surface area (Å²) in [5.74, 6) is -0.172. The van der Waals surface area contributed by atoms with Crippen LogP contribution in [0.3, 0.4) is 0 Å². The van der Waals surface area contributed by atoms with Gasteiger partial charge >= 0.3 is 12.1 Å². The van der Waals surface area contributed by atoms with Crippen molar-refractivity contribution in [2.75, 3.05) is 20.2 Å². The summed E-state index contributed by atoms with van der Waals surface area (Å²) in [5, 5.41) is 8.69. The molecule has 0 heterocycles. The average Bonchev–Trinajstić information content (AvgIpc) is 2.91. The number of carboxylic acids is 1. The molecule has 1 aromatic carbocycles. The van der Waals surface area contributed by atoms with Gasteiger partial charge in [-0.15, -0.1) is 0 Å². The number of carbonyl (C=O) groups excluding carboxylic acids is 1. The van der Waals surface area contributed by atoms with Gasteiger partial charge in [-0.25, -0.2) is 4.79 Å². The van der Waals surface area contributed by atoms with Crippen molar-refractivity contribution >= 4 is 12.1 Å². The number of amides is 1. The molecule has 2 aliphatic carbocycles. The Morgan fingerprint density at radius 3 is 2.62 bits per heavy atom. The average molecular weight is 327 g/mol. The van der Waals surface area contributed by atoms with E-state index in [1.165, 1.54) is 16.0 Å². The van der Waals surface area contributed by atoms with E-state index in [2.05, 4.69) is 30.4 Å². The van der Waals surface area contributed by atoms with Crippen molar-refractivity contribution in [3.05, 3.63) is 59.7 Å². The van der Waals surface area contributed by atoms with Gasteiger partial charge in [0.05, 0.1) is 6.42 Å². The predicted molar refractivity (Wildman–Crippen MR) is 89.9 cm³/mol. The minimum atomic E-state index is -0.929. The van der Waals surface area contributed by atoms with E-state index in [-0.39, 0.29) is 18.9 Å². The molecule has 3 atom stereocenters. The molecule has 126 valence electrons. The summed E-state index contributed by atoms with van der Waals surface area (Å²) in [5.41, 5.74) is 2.52. The maximum Gasteiger partial charge on any atom is 0.409 e. The highest BCUT2D eigenvalue weighted by Crippen LogP contribution is 2.49. The molecule has 0 spiro atoms. The lowest BCUT2D eigenvalue weighted by atomic mass is 9.84. The van der Waals surface area contributed by atoms with E-state index in [0.29, 0.717) is 18.4 Å². The number of carbonyl (C=O) groups is 2. The third kappa shape index (κ3) is 3.20. The summed E-state index contributed by atoms with van der Waals surface area (Å²) in [7, 11) is 1.56. The van der Waals surface area contributed by atoms with Crippen LogP contribution in [0, 0.1) is 5.92 Å². The van der Waals surface area contributed by atoms with Crippen LogP contribution in [0.25, 0.3) is 0 Å². The molecule has 0 bridgehead atoms. The molecule has 1 N–H and O–H groups in total. The Morgan fingerprint density at radius 1 is 1.17 bits per heavy atom. The quantitative estimate of drug-likeness (QED) is 0.902. The first kappa shape index (κ1) is 16.3. The number of ether oxygens (including phenoxy) is 1. The van der Waals surface area contributed by atoms with E-state index in [1.54, 1.807) is 7.05 Å². The monoisotopic (exact) mass is 327 g/mol. The van der Waals surface area contributed by atoms with Crippen molar-refractivity contribution in [1.29, 1.82) is 0 Å². The zero-order valence-corrected chi connectivity index (χ0v) is 13.6. The molecule has 0 fully saturated rings.